The van der Waals surface area contributed by atoms with Gasteiger partial charge in [-0.05, 0) is 18.6 Å². The molecule has 0 aliphatic heterocycles. The number of nitro benzene ring substituents is 1. The summed E-state index contributed by atoms with van der Waals surface area (Å²) in [4.78, 5) is 8.78. The van der Waals surface area contributed by atoms with Gasteiger partial charge in [0.05, 0.1) is 4.92 Å². The van der Waals surface area contributed by atoms with Crippen molar-refractivity contribution in [2.75, 3.05) is 0 Å². The number of nitro groups is 1. The molecule has 6 nitrogen and oxygen atoms in total. The Morgan fingerprint density at radius 1 is 1.44 bits per heavy atom. The monoisotopic (exact) mass is 301 g/mol. The van der Waals surface area contributed by atoms with Crippen LogP contribution >= 0.6 is 10.7 Å². The van der Waals surface area contributed by atoms with E-state index in [1.165, 1.54) is 6.92 Å². The van der Waals surface area contributed by atoms with E-state index in [0.717, 1.165) is 12.1 Å². The van der Waals surface area contributed by atoms with Crippen LogP contribution in [0.2, 0.25) is 0 Å². The maximum absolute atomic E-state index is 12.1. The van der Waals surface area contributed by atoms with Gasteiger partial charge in [0.25, 0.3) is 9.05 Å². The highest BCUT2D eigenvalue weighted by molar-refractivity contribution is 8.13. The van der Waals surface area contributed by atoms with Crippen LogP contribution in [0.25, 0.3) is 0 Å². The molecule has 0 aliphatic rings. The maximum atomic E-state index is 12.1. The highest BCUT2D eigenvalue weighted by atomic mass is 35.7. The van der Waals surface area contributed by atoms with Gasteiger partial charge in [0, 0.05) is 16.7 Å². The average molecular weight is 302 g/mol. The maximum Gasteiger partial charge on any atom is 0.387 e. The van der Waals surface area contributed by atoms with Crippen molar-refractivity contribution >= 4 is 25.4 Å². The van der Waals surface area contributed by atoms with Gasteiger partial charge < -0.3 is 4.74 Å². The summed E-state index contributed by atoms with van der Waals surface area (Å²) >= 11 is 0. The van der Waals surface area contributed by atoms with Crippen LogP contribution in [0.5, 0.6) is 5.75 Å². The fourth-order valence-electron chi connectivity index (χ4n) is 1.25. The van der Waals surface area contributed by atoms with Gasteiger partial charge >= 0.3 is 12.3 Å². The van der Waals surface area contributed by atoms with Gasteiger partial charge in [-0.25, -0.2) is 8.42 Å². The van der Waals surface area contributed by atoms with Gasteiger partial charge in [-0.15, -0.1) is 0 Å². The van der Waals surface area contributed by atoms with Crippen LogP contribution in [-0.4, -0.2) is 20.0 Å². The number of benzene rings is 1. The Hall–Kier alpha value is -1.48. The molecule has 0 N–H and O–H groups in total. The van der Waals surface area contributed by atoms with Crippen molar-refractivity contribution in [3.8, 4) is 5.75 Å². The second-order valence-corrected chi connectivity index (χ2v) is 5.72. The highest BCUT2D eigenvalue weighted by Crippen LogP contribution is 2.38. The minimum atomic E-state index is -4.45. The summed E-state index contributed by atoms with van der Waals surface area (Å²) in [6.45, 7) is -2.06. The number of nitrogens with zero attached hydrogens (tertiary/aromatic N) is 1. The van der Waals surface area contributed by atoms with Crippen molar-refractivity contribution in [3.05, 3.63) is 27.8 Å². The number of hydrogen-bond donors (Lipinski definition) is 0. The third-order valence-corrected chi connectivity index (χ3v) is 3.17. The molecular formula is C8H6ClF2NO5S. The molecule has 0 heterocycles. The van der Waals surface area contributed by atoms with Gasteiger partial charge in [-0.2, -0.15) is 8.78 Å². The van der Waals surface area contributed by atoms with Crippen LogP contribution in [0.4, 0.5) is 14.5 Å². The summed E-state index contributed by atoms with van der Waals surface area (Å²) in [5, 5.41) is 10.7. The fraction of sp³-hybridized carbons (Fsp3) is 0.250. The van der Waals surface area contributed by atoms with Crippen LogP contribution in [-0.2, 0) is 9.05 Å². The first kappa shape index (κ1) is 14.6. The zero-order chi connectivity index (χ0) is 14.1. The predicted molar refractivity (Wildman–Crippen MR) is 57.5 cm³/mol. The van der Waals surface area contributed by atoms with Crippen LogP contribution in [0.3, 0.4) is 0 Å². The lowest BCUT2D eigenvalue weighted by Crippen LogP contribution is -2.08. The number of hydrogen-bond acceptors (Lipinski definition) is 5. The van der Waals surface area contributed by atoms with Gasteiger partial charge in [-0.1, -0.05) is 0 Å². The van der Waals surface area contributed by atoms with Crippen molar-refractivity contribution in [2.45, 2.75) is 18.4 Å². The van der Waals surface area contributed by atoms with Gasteiger partial charge in [0.2, 0.25) is 5.75 Å². The van der Waals surface area contributed by atoms with E-state index in [4.69, 9.17) is 10.7 Å². The Morgan fingerprint density at radius 2 is 2.00 bits per heavy atom. The molecule has 0 saturated heterocycles. The van der Waals surface area contributed by atoms with Crippen molar-refractivity contribution in [1.82, 2.24) is 0 Å². The van der Waals surface area contributed by atoms with E-state index >= 15 is 0 Å². The molecule has 0 radical (unpaired) electrons. The van der Waals surface area contributed by atoms with E-state index in [0.29, 0.717) is 0 Å². The van der Waals surface area contributed by atoms with E-state index in [1.54, 1.807) is 0 Å². The van der Waals surface area contributed by atoms with E-state index < -0.39 is 36.9 Å². The summed E-state index contributed by atoms with van der Waals surface area (Å²) in [6.07, 6.45) is 0. The number of ether oxygens (including phenoxy) is 1. The van der Waals surface area contributed by atoms with Gasteiger partial charge in [0.1, 0.15) is 4.90 Å². The molecule has 0 unspecified atom stereocenters. The molecular weight excluding hydrogens is 296 g/mol. The average Bonchev–Trinajstić information content (AvgIpc) is 2.17. The summed E-state index contributed by atoms with van der Waals surface area (Å²) in [5.74, 6) is -1.07. The second kappa shape index (κ2) is 5.02. The molecule has 0 bridgehead atoms. The molecule has 18 heavy (non-hydrogen) atoms. The Kier molecular flexibility index (Phi) is 4.07. The highest BCUT2D eigenvalue weighted by Gasteiger charge is 2.29. The van der Waals surface area contributed by atoms with Crippen molar-refractivity contribution in [2.24, 2.45) is 0 Å². The minimum Gasteiger partial charge on any atom is -0.426 e. The quantitative estimate of drug-likeness (QED) is 0.484. The molecule has 1 aromatic carbocycles. The zero-order valence-electron chi connectivity index (χ0n) is 8.76. The molecule has 100 valence electrons. The summed E-state index contributed by atoms with van der Waals surface area (Å²) < 4.78 is 50.5. The molecule has 0 saturated carbocycles. The minimum absolute atomic E-state index is 0.169. The molecule has 10 heteroatoms. The van der Waals surface area contributed by atoms with Crippen molar-refractivity contribution in [1.29, 1.82) is 0 Å². The lowest BCUT2D eigenvalue weighted by atomic mass is 10.2. The topological polar surface area (TPSA) is 86.5 Å². The number of alkyl halides is 2. The van der Waals surface area contributed by atoms with Gasteiger partial charge in [0.15, 0.2) is 0 Å². The van der Waals surface area contributed by atoms with E-state index in [9.17, 15) is 27.3 Å². The first-order chi connectivity index (χ1) is 8.12. The normalized spacial score (nSPS) is 11.6. The summed E-state index contributed by atoms with van der Waals surface area (Å²) in [6, 6.07) is 1.82. The summed E-state index contributed by atoms with van der Waals surface area (Å²) in [5.41, 5.74) is -0.725. The Labute approximate surface area is 105 Å². The molecule has 0 atom stereocenters. The first-order valence-corrected chi connectivity index (χ1v) is 6.62. The molecule has 0 aliphatic carbocycles. The van der Waals surface area contributed by atoms with E-state index in [1.807, 2.05) is 0 Å². The zero-order valence-corrected chi connectivity index (χ0v) is 10.3. The molecule has 0 spiro atoms. The van der Waals surface area contributed by atoms with Crippen LogP contribution in [0, 0.1) is 17.0 Å². The fourth-order valence-corrected chi connectivity index (χ4v) is 2.29. The largest absolute Gasteiger partial charge is 0.426 e. The predicted octanol–water partition coefficient (Wildman–Crippen LogP) is 2.43. The second-order valence-electron chi connectivity index (χ2n) is 3.18. The van der Waals surface area contributed by atoms with E-state index in [-0.39, 0.29) is 5.56 Å². The number of rotatable bonds is 4. The van der Waals surface area contributed by atoms with Gasteiger partial charge in [-0.3, -0.25) is 10.1 Å². The first-order valence-electron chi connectivity index (χ1n) is 4.31. The lowest BCUT2D eigenvalue weighted by Gasteiger charge is -2.09. The van der Waals surface area contributed by atoms with Crippen molar-refractivity contribution < 1.29 is 26.9 Å². The number of halogens is 3. The Balaban J connectivity index is 3.63. The molecule has 0 amide bonds. The molecule has 0 aromatic heterocycles. The third kappa shape index (κ3) is 3.26. The lowest BCUT2D eigenvalue weighted by molar-refractivity contribution is -0.386. The van der Waals surface area contributed by atoms with E-state index in [2.05, 4.69) is 4.74 Å². The SMILES string of the molecule is Cc1cc([N+](=O)[O-])c(OC(F)F)c(S(=O)(=O)Cl)c1. The van der Waals surface area contributed by atoms with Crippen LogP contribution in [0.15, 0.2) is 17.0 Å². The molecule has 1 rings (SSSR count). The van der Waals surface area contributed by atoms with Crippen LogP contribution < -0.4 is 4.74 Å². The molecule has 0 fully saturated rings. The van der Waals surface area contributed by atoms with Crippen molar-refractivity contribution in [3.63, 3.8) is 0 Å². The summed E-state index contributed by atoms with van der Waals surface area (Å²) in [7, 11) is 0.572. The number of aryl methyl sites for hydroxylation is 1. The Morgan fingerprint density at radius 3 is 2.39 bits per heavy atom. The molecule has 1 aromatic rings. The van der Waals surface area contributed by atoms with Crippen LogP contribution in [0.1, 0.15) is 5.56 Å². The third-order valence-electron chi connectivity index (χ3n) is 1.85. The smallest absolute Gasteiger partial charge is 0.387 e. The standard InChI is InChI=1S/C8H6ClF2NO5S/c1-4-2-5(12(13)14)7(17-8(10)11)6(3-4)18(9,15)16/h2-3,8H,1H3. The Bertz CT molecular complexity index is 589.